The van der Waals surface area contributed by atoms with Crippen molar-refractivity contribution in [3.05, 3.63) is 52.5 Å². The van der Waals surface area contributed by atoms with Crippen LogP contribution in [0.5, 0.6) is 0 Å². The van der Waals surface area contributed by atoms with Crippen LogP contribution in [-0.4, -0.2) is 21.0 Å². The molecule has 2 atom stereocenters. The highest BCUT2D eigenvalue weighted by Gasteiger charge is 2.43. The van der Waals surface area contributed by atoms with Crippen molar-refractivity contribution in [1.29, 1.82) is 0 Å². The smallest absolute Gasteiger partial charge is 0.170 e. The fourth-order valence-corrected chi connectivity index (χ4v) is 5.13. The number of thiophene rings is 1. The highest BCUT2D eigenvalue weighted by atomic mass is 32.1. The molecule has 23 heavy (non-hydrogen) atoms. The van der Waals surface area contributed by atoms with E-state index in [0.717, 1.165) is 10.8 Å². The second-order valence-electron chi connectivity index (χ2n) is 6.34. The van der Waals surface area contributed by atoms with Gasteiger partial charge in [0.15, 0.2) is 5.11 Å². The first-order chi connectivity index (χ1) is 11.3. The monoisotopic (exact) mass is 343 g/mol. The zero-order valence-electron chi connectivity index (χ0n) is 13.0. The largest absolute Gasteiger partial charge is 0.352 e. The molecule has 1 saturated heterocycles. The highest BCUT2D eigenvalue weighted by Crippen LogP contribution is 2.43. The predicted octanol–water partition coefficient (Wildman–Crippen LogP) is 4.45. The van der Waals surface area contributed by atoms with Crippen LogP contribution in [-0.2, 0) is 0 Å². The summed E-state index contributed by atoms with van der Waals surface area (Å²) in [6.07, 6.45) is 8.36. The van der Waals surface area contributed by atoms with Gasteiger partial charge in [0, 0.05) is 17.1 Å². The molecule has 120 valence electrons. The lowest BCUT2D eigenvalue weighted by Gasteiger charge is -2.36. The lowest BCUT2D eigenvalue weighted by Crippen LogP contribution is -2.40. The number of aromatic nitrogens is 1. The van der Waals surface area contributed by atoms with Crippen molar-refractivity contribution in [2.24, 2.45) is 0 Å². The van der Waals surface area contributed by atoms with Gasteiger partial charge in [0.05, 0.1) is 17.8 Å². The molecule has 0 bridgehead atoms. The van der Waals surface area contributed by atoms with Crippen LogP contribution in [0.1, 0.15) is 54.8 Å². The molecule has 1 N–H and O–H groups in total. The molecular weight excluding hydrogens is 322 g/mol. The minimum absolute atomic E-state index is 0.143. The molecule has 1 aliphatic heterocycles. The summed E-state index contributed by atoms with van der Waals surface area (Å²) in [6, 6.07) is 11.5. The van der Waals surface area contributed by atoms with Gasteiger partial charge in [0.1, 0.15) is 0 Å². The zero-order valence-corrected chi connectivity index (χ0v) is 14.7. The van der Waals surface area contributed by atoms with Gasteiger partial charge < -0.3 is 10.2 Å². The lowest BCUT2D eigenvalue weighted by molar-refractivity contribution is 0.199. The molecule has 1 saturated carbocycles. The summed E-state index contributed by atoms with van der Waals surface area (Å²) >= 11 is 7.56. The van der Waals surface area contributed by atoms with Crippen molar-refractivity contribution < 1.29 is 0 Å². The molecule has 0 amide bonds. The van der Waals surface area contributed by atoms with E-state index >= 15 is 0 Å². The highest BCUT2D eigenvalue weighted by molar-refractivity contribution is 7.80. The fourth-order valence-electron chi connectivity index (χ4n) is 3.88. The van der Waals surface area contributed by atoms with Gasteiger partial charge in [-0.1, -0.05) is 31.4 Å². The number of pyridine rings is 1. The Morgan fingerprint density at radius 3 is 2.70 bits per heavy atom. The van der Waals surface area contributed by atoms with Crippen LogP contribution in [0.3, 0.4) is 0 Å². The second kappa shape index (κ2) is 6.57. The molecule has 2 unspecified atom stereocenters. The van der Waals surface area contributed by atoms with Gasteiger partial charge in [0.25, 0.3) is 0 Å². The van der Waals surface area contributed by atoms with Gasteiger partial charge >= 0.3 is 0 Å². The fraction of sp³-hybridized carbons (Fsp3) is 0.444. The molecule has 0 spiro atoms. The maximum atomic E-state index is 5.74. The summed E-state index contributed by atoms with van der Waals surface area (Å²) < 4.78 is 0. The van der Waals surface area contributed by atoms with E-state index in [1.165, 1.54) is 37.0 Å². The molecule has 4 rings (SSSR count). The van der Waals surface area contributed by atoms with Crippen molar-refractivity contribution in [2.45, 2.75) is 50.2 Å². The van der Waals surface area contributed by atoms with Crippen LogP contribution in [0, 0.1) is 0 Å². The third-order valence-electron chi connectivity index (χ3n) is 4.94. The molecule has 2 aromatic heterocycles. The summed E-state index contributed by atoms with van der Waals surface area (Å²) in [5, 5.41) is 6.61. The minimum atomic E-state index is 0.143. The quantitative estimate of drug-likeness (QED) is 0.834. The van der Waals surface area contributed by atoms with Crippen LogP contribution in [0.4, 0.5) is 0 Å². The molecule has 0 aromatic carbocycles. The molecule has 3 nitrogen and oxygen atoms in total. The number of nitrogens with one attached hydrogen (secondary N) is 1. The first-order valence-corrected chi connectivity index (χ1v) is 9.66. The molecule has 5 heteroatoms. The number of hydrogen-bond acceptors (Lipinski definition) is 3. The van der Waals surface area contributed by atoms with Crippen molar-refractivity contribution in [3.63, 3.8) is 0 Å². The Bertz CT molecular complexity index is 650. The van der Waals surface area contributed by atoms with E-state index in [1.807, 2.05) is 23.6 Å². The van der Waals surface area contributed by atoms with Crippen LogP contribution in [0.15, 0.2) is 41.9 Å². The zero-order chi connectivity index (χ0) is 15.6. The van der Waals surface area contributed by atoms with Crippen molar-refractivity contribution >= 4 is 28.7 Å². The number of nitrogens with zero attached hydrogens (tertiary/aromatic N) is 2. The first kappa shape index (κ1) is 15.1. The second-order valence-corrected chi connectivity index (χ2v) is 7.71. The third kappa shape index (κ3) is 2.88. The van der Waals surface area contributed by atoms with Gasteiger partial charge in [-0.15, -0.1) is 11.3 Å². The van der Waals surface area contributed by atoms with E-state index < -0.39 is 0 Å². The first-order valence-electron chi connectivity index (χ1n) is 8.38. The number of thiocarbonyl (C=S) groups is 1. The van der Waals surface area contributed by atoms with Gasteiger partial charge in [0.2, 0.25) is 0 Å². The minimum Gasteiger partial charge on any atom is -0.352 e. The van der Waals surface area contributed by atoms with Crippen LogP contribution < -0.4 is 5.32 Å². The van der Waals surface area contributed by atoms with E-state index in [4.69, 9.17) is 12.2 Å². The Morgan fingerprint density at radius 1 is 1.13 bits per heavy atom. The van der Waals surface area contributed by atoms with Crippen LogP contribution in [0.2, 0.25) is 0 Å². The lowest BCUT2D eigenvalue weighted by atomic mass is 9.92. The Morgan fingerprint density at radius 2 is 2.00 bits per heavy atom. The van der Waals surface area contributed by atoms with E-state index in [-0.39, 0.29) is 12.1 Å². The van der Waals surface area contributed by atoms with Crippen molar-refractivity contribution in [1.82, 2.24) is 15.2 Å². The average Bonchev–Trinajstić information content (AvgIpc) is 3.24. The van der Waals surface area contributed by atoms with Gasteiger partial charge in [-0.2, -0.15) is 0 Å². The summed E-state index contributed by atoms with van der Waals surface area (Å²) in [6.45, 7) is 0. The molecule has 2 aromatic rings. The summed E-state index contributed by atoms with van der Waals surface area (Å²) in [4.78, 5) is 8.44. The third-order valence-corrected chi connectivity index (χ3v) is 6.21. The predicted molar refractivity (Wildman–Crippen MR) is 98.5 cm³/mol. The molecular formula is C18H21N3S2. The summed E-state index contributed by atoms with van der Waals surface area (Å²) in [5.74, 6) is 0. The van der Waals surface area contributed by atoms with E-state index in [2.05, 4.69) is 44.8 Å². The van der Waals surface area contributed by atoms with Crippen LogP contribution >= 0.6 is 23.6 Å². The SMILES string of the molecule is S=C1NC(c2ccccn2)C(c2cccs2)N1C1CCCCC1. The van der Waals surface area contributed by atoms with Gasteiger partial charge in [-0.05, 0) is 48.6 Å². The van der Waals surface area contributed by atoms with Crippen molar-refractivity contribution in [3.8, 4) is 0 Å². The molecule has 2 aliphatic rings. The standard InChI is InChI=1S/C18H21N3S2/c22-18-20-16(14-9-4-5-11-19-14)17(15-10-6-12-23-15)21(18)13-7-2-1-3-8-13/h4-6,9-13,16-17H,1-3,7-8H2,(H,20,22). The average molecular weight is 344 g/mol. The molecule has 2 fully saturated rings. The maximum Gasteiger partial charge on any atom is 0.170 e. The van der Waals surface area contributed by atoms with Crippen molar-refractivity contribution in [2.75, 3.05) is 0 Å². The normalized spacial score (nSPS) is 25.6. The summed E-state index contributed by atoms with van der Waals surface area (Å²) in [5.41, 5.74) is 1.08. The van der Waals surface area contributed by atoms with Gasteiger partial charge in [-0.3, -0.25) is 4.98 Å². The van der Waals surface area contributed by atoms with E-state index in [9.17, 15) is 0 Å². The Balaban J connectivity index is 1.71. The Hall–Kier alpha value is -1.46. The maximum absolute atomic E-state index is 5.74. The van der Waals surface area contributed by atoms with Gasteiger partial charge in [-0.25, -0.2) is 0 Å². The summed E-state index contributed by atoms with van der Waals surface area (Å²) in [7, 11) is 0. The molecule has 1 aliphatic carbocycles. The van der Waals surface area contributed by atoms with E-state index in [0.29, 0.717) is 6.04 Å². The Kier molecular flexibility index (Phi) is 4.31. The molecule has 0 radical (unpaired) electrons. The molecule has 3 heterocycles. The van der Waals surface area contributed by atoms with E-state index in [1.54, 1.807) is 0 Å². The Labute approximate surface area is 146 Å². The van der Waals surface area contributed by atoms with Crippen LogP contribution in [0.25, 0.3) is 0 Å². The topological polar surface area (TPSA) is 28.2 Å². The number of hydrogen-bond donors (Lipinski definition) is 1. The number of rotatable bonds is 3.